The fraction of sp³-hybridized carbons (Fsp3) is 0.786. The Labute approximate surface area is 116 Å². The summed E-state index contributed by atoms with van der Waals surface area (Å²) in [6.07, 6.45) is 4.10. The molecule has 104 valence electrons. The molecule has 0 aromatic carbocycles. The number of aryl methyl sites for hydroxylation is 1. The quantitative estimate of drug-likeness (QED) is 0.827. The molecule has 4 heteroatoms. The monoisotopic (exact) mass is 271 g/mol. The van der Waals surface area contributed by atoms with E-state index in [0.717, 1.165) is 37.2 Å². The minimum atomic E-state index is -0.221. The molecule has 1 rings (SSSR count). The second-order valence-corrected chi connectivity index (χ2v) is 6.86. The molecule has 0 bridgehead atoms. The van der Waals surface area contributed by atoms with E-state index in [9.17, 15) is 0 Å². The summed E-state index contributed by atoms with van der Waals surface area (Å²) >= 11 is 6.25. The highest BCUT2D eigenvalue weighted by molar-refractivity contribution is 6.30. The molecule has 0 saturated heterocycles. The van der Waals surface area contributed by atoms with Crippen molar-refractivity contribution in [3.8, 4) is 0 Å². The first kappa shape index (κ1) is 15.5. The number of H-pyrrole nitrogens is 1. The number of nitrogens with one attached hydrogen (secondary N) is 1. The lowest BCUT2D eigenvalue weighted by Crippen LogP contribution is -2.39. The van der Waals surface area contributed by atoms with Crippen LogP contribution in [0.4, 0.5) is 0 Å². The predicted molar refractivity (Wildman–Crippen MR) is 78.1 cm³/mol. The van der Waals surface area contributed by atoms with Gasteiger partial charge in [0, 0.05) is 17.4 Å². The number of hydrogen-bond acceptors (Lipinski definition) is 2. The Balaban J connectivity index is 2.91. The third kappa shape index (κ3) is 4.29. The van der Waals surface area contributed by atoms with Crippen LogP contribution >= 0.6 is 11.6 Å². The molecule has 0 unspecified atom stereocenters. The van der Waals surface area contributed by atoms with Gasteiger partial charge in [-0.05, 0) is 26.7 Å². The SMILES string of the molecule is CCCCc1nc(Cl)c(C(C)(C)CC(C)(C)N)[nH]1. The van der Waals surface area contributed by atoms with Crippen LogP contribution in [-0.4, -0.2) is 15.5 Å². The maximum absolute atomic E-state index is 6.25. The van der Waals surface area contributed by atoms with Crippen molar-refractivity contribution in [2.24, 2.45) is 5.73 Å². The van der Waals surface area contributed by atoms with E-state index in [0.29, 0.717) is 5.15 Å². The van der Waals surface area contributed by atoms with Crippen LogP contribution in [0.2, 0.25) is 5.15 Å². The summed E-state index contributed by atoms with van der Waals surface area (Å²) in [5.74, 6) is 0.986. The van der Waals surface area contributed by atoms with E-state index in [4.69, 9.17) is 17.3 Å². The largest absolute Gasteiger partial charge is 0.344 e. The Morgan fingerprint density at radius 3 is 2.39 bits per heavy atom. The number of nitrogens with zero attached hydrogens (tertiary/aromatic N) is 1. The highest BCUT2D eigenvalue weighted by Gasteiger charge is 2.31. The second-order valence-electron chi connectivity index (χ2n) is 6.50. The second kappa shape index (κ2) is 5.62. The summed E-state index contributed by atoms with van der Waals surface area (Å²) in [5, 5.41) is 0.593. The van der Waals surface area contributed by atoms with Crippen LogP contribution in [0.1, 0.15) is 65.4 Å². The van der Waals surface area contributed by atoms with Crippen molar-refractivity contribution in [2.75, 3.05) is 0 Å². The third-order valence-electron chi connectivity index (χ3n) is 3.05. The zero-order chi connectivity index (χ0) is 14.0. The third-order valence-corrected chi connectivity index (χ3v) is 3.32. The number of hydrogen-bond donors (Lipinski definition) is 2. The van der Waals surface area contributed by atoms with E-state index in [1.54, 1.807) is 0 Å². The van der Waals surface area contributed by atoms with Crippen LogP contribution in [-0.2, 0) is 11.8 Å². The van der Waals surface area contributed by atoms with Crippen LogP contribution in [0, 0.1) is 0 Å². The smallest absolute Gasteiger partial charge is 0.150 e. The topological polar surface area (TPSA) is 54.7 Å². The van der Waals surface area contributed by atoms with E-state index in [1.807, 2.05) is 13.8 Å². The van der Waals surface area contributed by atoms with Gasteiger partial charge in [0.2, 0.25) is 0 Å². The van der Waals surface area contributed by atoms with E-state index in [-0.39, 0.29) is 11.0 Å². The normalized spacial score (nSPS) is 13.1. The van der Waals surface area contributed by atoms with Crippen molar-refractivity contribution in [2.45, 2.75) is 71.3 Å². The number of aromatic amines is 1. The van der Waals surface area contributed by atoms with Crippen LogP contribution in [0.25, 0.3) is 0 Å². The minimum absolute atomic E-state index is 0.0905. The first-order valence-corrected chi connectivity index (χ1v) is 7.07. The van der Waals surface area contributed by atoms with Gasteiger partial charge in [-0.15, -0.1) is 0 Å². The molecule has 0 atom stereocenters. The van der Waals surface area contributed by atoms with E-state index in [2.05, 4.69) is 30.7 Å². The number of halogens is 1. The molecule has 1 aromatic rings. The van der Waals surface area contributed by atoms with Gasteiger partial charge >= 0.3 is 0 Å². The Kier molecular flexibility index (Phi) is 4.84. The number of rotatable bonds is 6. The standard InChI is InChI=1S/C14H26ClN3/c1-6-7-8-10-17-11(12(15)18-10)13(2,3)9-14(4,5)16/h6-9,16H2,1-5H3,(H,17,18). The van der Waals surface area contributed by atoms with Gasteiger partial charge < -0.3 is 10.7 Å². The molecule has 0 spiro atoms. The van der Waals surface area contributed by atoms with Gasteiger partial charge in [0.25, 0.3) is 0 Å². The summed E-state index contributed by atoms with van der Waals surface area (Å²) in [6.45, 7) is 10.6. The summed E-state index contributed by atoms with van der Waals surface area (Å²) in [6, 6.07) is 0. The molecule has 0 amide bonds. The Bertz CT molecular complexity index is 388. The summed E-state index contributed by atoms with van der Waals surface area (Å²) in [5.41, 5.74) is 6.82. The van der Waals surface area contributed by atoms with Gasteiger partial charge in [-0.1, -0.05) is 38.8 Å². The molecule has 0 aliphatic carbocycles. The highest BCUT2D eigenvalue weighted by atomic mass is 35.5. The minimum Gasteiger partial charge on any atom is -0.344 e. The average molecular weight is 272 g/mol. The lowest BCUT2D eigenvalue weighted by molar-refractivity contribution is 0.345. The van der Waals surface area contributed by atoms with Crippen molar-refractivity contribution in [3.63, 3.8) is 0 Å². The van der Waals surface area contributed by atoms with Crippen LogP contribution in [0.5, 0.6) is 0 Å². The molecule has 1 aromatic heterocycles. The van der Waals surface area contributed by atoms with Gasteiger partial charge in [0.15, 0.2) is 5.15 Å². The lowest BCUT2D eigenvalue weighted by atomic mass is 9.78. The molecule has 18 heavy (non-hydrogen) atoms. The summed E-state index contributed by atoms with van der Waals surface area (Å²) in [4.78, 5) is 7.79. The molecule has 0 aliphatic rings. The zero-order valence-electron chi connectivity index (χ0n) is 12.2. The molecule has 3 N–H and O–H groups in total. The number of aromatic nitrogens is 2. The van der Waals surface area contributed by atoms with Crippen molar-refractivity contribution in [3.05, 3.63) is 16.7 Å². The molecular formula is C14H26ClN3. The average Bonchev–Trinajstić information content (AvgIpc) is 2.53. The van der Waals surface area contributed by atoms with Gasteiger partial charge in [0.05, 0.1) is 5.69 Å². The molecule has 0 radical (unpaired) electrons. The van der Waals surface area contributed by atoms with Crippen LogP contribution in [0.15, 0.2) is 0 Å². The van der Waals surface area contributed by atoms with E-state index < -0.39 is 0 Å². The summed E-state index contributed by atoms with van der Waals surface area (Å²) < 4.78 is 0. The Hall–Kier alpha value is -0.540. The van der Waals surface area contributed by atoms with Crippen molar-refractivity contribution < 1.29 is 0 Å². The number of imidazole rings is 1. The van der Waals surface area contributed by atoms with Crippen molar-refractivity contribution in [1.82, 2.24) is 9.97 Å². The first-order valence-electron chi connectivity index (χ1n) is 6.69. The van der Waals surface area contributed by atoms with Gasteiger partial charge in [-0.3, -0.25) is 0 Å². The molecule has 0 fully saturated rings. The van der Waals surface area contributed by atoms with E-state index in [1.165, 1.54) is 0 Å². The van der Waals surface area contributed by atoms with E-state index >= 15 is 0 Å². The number of nitrogens with two attached hydrogens (primary N) is 1. The predicted octanol–water partition coefficient (Wildman–Crippen LogP) is 3.81. The zero-order valence-corrected chi connectivity index (χ0v) is 13.0. The highest BCUT2D eigenvalue weighted by Crippen LogP contribution is 2.34. The van der Waals surface area contributed by atoms with Crippen LogP contribution < -0.4 is 5.73 Å². The molecule has 3 nitrogen and oxygen atoms in total. The lowest BCUT2D eigenvalue weighted by Gasteiger charge is -2.31. The molecule has 0 aliphatic heterocycles. The molecule has 1 heterocycles. The first-order chi connectivity index (χ1) is 8.15. The van der Waals surface area contributed by atoms with Crippen molar-refractivity contribution in [1.29, 1.82) is 0 Å². The van der Waals surface area contributed by atoms with Crippen molar-refractivity contribution >= 4 is 11.6 Å². The maximum atomic E-state index is 6.25. The van der Waals surface area contributed by atoms with Gasteiger partial charge in [-0.25, -0.2) is 4.98 Å². The Morgan fingerprint density at radius 2 is 1.89 bits per heavy atom. The number of unbranched alkanes of at least 4 members (excludes halogenated alkanes) is 1. The summed E-state index contributed by atoms with van der Waals surface area (Å²) in [7, 11) is 0. The molecule has 0 saturated carbocycles. The fourth-order valence-electron chi connectivity index (χ4n) is 2.54. The van der Waals surface area contributed by atoms with Gasteiger partial charge in [0.1, 0.15) is 5.82 Å². The maximum Gasteiger partial charge on any atom is 0.150 e. The Morgan fingerprint density at radius 1 is 1.28 bits per heavy atom. The van der Waals surface area contributed by atoms with Crippen LogP contribution in [0.3, 0.4) is 0 Å². The molecular weight excluding hydrogens is 246 g/mol. The fourth-order valence-corrected chi connectivity index (χ4v) is 2.94. The van der Waals surface area contributed by atoms with Gasteiger partial charge in [-0.2, -0.15) is 0 Å².